The molecule has 0 saturated carbocycles. The molecule has 0 rings (SSSR count). The van der Waals surface area contributed by atoms with Crippen LogP contribution in [-0.2, 0) is 9.30 Å². The van der Waals surface area contributed by atoms with E-state index >= 15 is 0 Å². The van der Waals surface area contributed by atoms with Gasteiger partial charge in [-0.05, 0) is 0 Å². The fraction of sp³-hybridized carbons (Fsp3) is 0.667. The van der Waals surface area contributed by atoms with Gasteiger partial charge < -0.3 is 9.63 Å². The molecule has 0 fully saturated rings. The van der Waals surface area contributed by atoms with Gasteiger partial charge in [0.2, 0.25) is 7.37 Å². The summed E-state index contributed by atoms with van der Waals surface area (Å²) in [6.07, 6.45) is -0.271. The maximum absolute atomic E-state index is 10.2. The standard InChI is InChI=1S/C3H7O3P/c1-6-3-7(2,4)5/h1H,3H2,2H3,(H,4,5). The van der Waals surface area contributed by atoms with E-state index in [1.54, 1.807) is 0 Å². The van der Waals surface area contributed by atoms with Gasteiger partial charge in [-0.1, -0.05) is 0 Å². The molecular weight excluding hydrogens is 115 g/mol. The summed E-state index contributed by atoms with van der Waals surface area (Å²) in [7, 11) is 1.47. The van der Waals surface area contributed by atoms with Crippen LogP contribution in [0.5, 0.6) is 0 Å². The van der Waals surface area contributed by atoms with E-state index in [-0.39, 0.29) is 6.35 Å². The molecule has 3 nitrogen and oxygen atoms in total. The molecule has 0 heterocycles. The Hall–Kier alpha value is 0.150. The van der Waals surface area contributed by atoms with Crippen molar-refractivity contribution in [1.82, 2.24) is 0 Å². The molecule has 0 aromatic rings. The Kier molecular flexibility index (Phi) is 2.51. The summed E-state index contributed by atoms with van der Waals surface area (Å²) >= 11 is 0. The van der Waals surface area contributed by atoms with Crippen molar-refractivity contribution in [2.45, 2.75) is 0 Å². The van der Waals surface area contributed by atoms with Gasteiger partial charge in [-0.3, -0.25) is 4.57 Å². The topological polar surface area (TPSA) is 46.5 Å². The van der Waals surface area contributed by atoms with Crippen LogP contribution in [-0.4, -0.2) is 17.9 Å². The van der Waals surface area contributed by atoms with Crippen molar-refractivity contribution in [1.29, 1.82) is 0 Å². The molecule has 2 radical (unpaired) electrons. The van der Waals surface area contributed by atoms with Crippen LogP contribution in [0, 0.1) is 7.11 Å². The highest BCUT2D eigenvalue weighted by Gasteiger charge is 2.06. The smallest absolute Gasteiger partial charge is 0.222 e. The van der Waals surface area contributed by atoms with Crippen molar-refractivity contribution in [3.63, 3.8) is 0 Å². The highest BCUT2D eigenvalue weighted by Crippen LogP contribution is 2.34. The molecule has 0 bridgehead atoms. The lowest BCUT2D eigenvalue weighted by Gasteiger charge is -1.99. The van der Waals surface area contributed by atoms with E-state index in [4.69, 9.17) is 4.89 Å². The summed E-state index contributed by atoms with van der Waals surface area (Å²) in [6, 6.07) is 0. The van der Waals surface area contributed by atoms with Crippen LogP contribution in [0.1, 0.15) is 0 Å². The van der Waals surface area contributed by atoms with Gasteiger partial charge in [0.1, 0.15) is 13.5 Å². The number of rotatable bonds is 2. The van der Waals surface area contributed by atoms with E-state index in [1.165, 1.54) is 6.66 Å². The van der Waals surface area contributed by atoms with Crippen LogP contribution in [0.2, 0.25) is 0 Å². The molecule has 1 N–H and O–H groups in total. The third-order valence-corrected chi connectivity index (χ3v) is 0.942. The predicted octanol–water partition coefficient (Wildman–Crippen LogP) is 0.529. The molecule has 0 aliphatic carbocycles. The highest BCUT2D eigenvalue weighted by molar-refractivity contribution is 7.56. The molecule has 0 amide bonds. The highest BCUT2D eigenvalue weighted by atomic mass is 31.2. The maximum atomic E-state index is 10.2. The summed E-state index contributed by atoms with van der Waals surface area (Å²) in [6.45, 7) is 1.18. The first-order chi connectivity index (χ1) is 3.06. The van der Waals surface area contributed by atoms with Crippen molar-refractivity contribution in [2.24, 2.45) is 0 Å². The normalized spacial score (nSPS) is 18.7. The second kappa shape index (κ2) is 2.46. The van der Waals surface area contributed by atoms with Crippen LogP contribution >= 0.6 is 7.37 Å². The van der Waals surface area contributed by atoms with Gasteiger partial charge in [0, 0.05) is 6.66 Å². The van der Waals surface area contributed by atoms with Crippen molar-refractivity contribution in [3.05, 3.63) is 7.11 Å². The number of ether oxygens (including phenoxy) is 1. The molecule has 7 heavy (non-hydrogen) atoms. The zero-order chi connectivity index (χ0) is 5.91. The Labute approximate surface area is 42.8 Å². The minimum atomic E-state index is -3.01. The first-order valence-corrected chi connectivity index (χ1v) is 3.96. The van der Waals surface area contributed by atoms with Crippen molar-refractivity contribution in [2.75, 3.05) is 13.0 Å². The lowest BCUT2D eigenvalue weighted by atomic mass is 11.5. The van der Waals surface area contributed by atoms with E-state index in [2.05, 4.69) is 11.8 Å². The lowest BCUT2D eigenvalue weighted by Crippen LogP contribution is -1.85. The van der Waals surface area contributed by atoms with Gasteiger partial charge in [0.05, 0.1) is 0 Å². The summed E-state index contributed by atoms with van der Waals surface area (Å²) in [4.78, 5) is 8.37. The third-order valence-electron chi connectivity index (χ3n) is 0.314. The monoisotopic (exact) mass is 122 g/mol. The molecule has 1 atom stereocenters. The van der Waals surface area contributed by atoms with Crippen LogP contribution in [0.15, 0.2) is 0 Å². The summed E-state index contributed by atoms with van der Waals surface area (Å²) in [5.41, 5.74) is 0. The van der Waals surface area contributed by atoms with Gasteiger partial charge in [-0.25, -0.2) is 0 Å². The van der Waals surface area contributed by atoms with E-state index in [0.29, 0.717) is 0 Å². The van der Waals surface area contributed by atoms with Gasteiger partial charge in [-0.15, -0.1) is 0 Å². The Morgan fingerprint density at radius 3 is 2.43 bits per heavy atom. The molecule has 0 aromatic heterocycles. The Morgan fingerprint density at radius 2 is 2.43 bits per heavy atom. The van der Waals surface area contributed by atoms with Crippen LogP contribution < -0.4 is 0 Å². The average Bonchev–Trinajstić information content (AvgIpc) is 1.30. The summed E-state index contributed by atoms with van der Waals surface area (Å²) < 4.78 is 14.1. The average molecular weight is 122 g/mol. The fourth-order valence-corrected chi connectivity index (χ4v) is 0.415. The van der Waals surface area contributed by atoms with Crippen LogP contribution in [0.25, 0.3) is 0 Å². The minimum Gasteiger partial charge on any atom is -0.362 e. The molecule has 1 unspecified atom stereocenters. The van der Waals surface area contributed by atoms with Crippen LogP contribution in [0.4, 0.5) is 0 Å². The first kappa shape index (κ1) is 7.15. The summed E-state index contributed by atoms with van der Waals surface area (Å²) in [5.74, 6) is 0. The van der Waals surface area contributed by atoms with Crippen LogP contribution in [0.3, 0.4) is 0 Å². The Bertz CT molecular complexity index is 84.2. The molecule has 0 aromatic carbocycles. The molecule has 42 valence electrons. The molecule has 4 heteroatoms. The number of hydrogen-bond acceptors (Lipinski definition) is 2. The molecule has 0 spiro atoms. The van der Waals surface area contributed by atoms with Gasteiger partial charge in [-0.2, -0.15) is 0 Å². The minimum absolute atomic E-state index is 0.271. The largest absolute Gasteiger partial charge is 0.362 e. The molecule has 0 saturated heterocycles. The van der Waals surface area contributed by atoms with E-state index in [1.807, 2.05) is 0 Å². The van der Waals surface area contributed by atoms with Gasteiger partial charge in [0.15, 0.2) is 0 Å². The summed E-state index contributed by atoms with van der Waals surface area (Å²) in [5, 5.41) is 0. The maximum Gasteiger partial charge on any atom is 0.222 e. The fourth-order valence-electron chi connectivity index (χ4n) is 0.138. The van der Waals surface area contributed by atoms with Crippen molar-refractivity contribution < 1.29 is 14.2 Å². The molecule has 0 aliphatic rings. The van der Waals surface area contributed by atoms with E-state index in [0.717, 1.165) is 0 Å². The lowest BCUT2D eigenvalue weighted by molar-refractivity contribution is 0.283. The van der Waals surface area contributed by atoms with E-state index < -0.39 is 7.37 Å². The molecular formula is C3H7O3P. The number of hydrogen-bond donors (Lipinski definition) is 1. The SMILES string of the molecule is [CH]OCP(C)(=O)O. The molecule has 0 aliphatic heterocycles. The predicted molar refractivity (Wildman–Crippen MR) is 26.0 cm³/mol. The van der Waals surface area contributed by atoms with E-state index in [9.17, 15) is 4.57 Å². The zero-order valence-corrected chi connectivity index (χ0v) is 4.89. The second-order valence-corrected chi connectivity index (χ2v) is 3.71. The van der Waals surface area contributed by atoms with Crippen molar-refractivity contribution in [3.8, 4) is 0 Å². The Morgan fingerprint density at radius 1 is 2.00 bits per heavy atom. The van der Waals surface area contributed by atoms with Gasteiger partial charge in [0.25, 0.3) is 0 Å². The Balaban J connectivity index is 3.36. The zero-order valence-electron chi connectivity index (χ0n) is 4.00. The first-order valence-electron chi connectivity index (χ1n) is 1.67. The second-order valence-electron chi connectivity index (χ2n) is 1.35. The quantitative estimate of drug-likeness (QED) is 0.543. The third kappa shape index (κ3) is 6.15. The van der Waals surface area contributed by atoms with Gasteiger partial charge >= 0.3 is 0 Å². The van der Waals surface area contributed by atoms with Crippen molar-refractivity contribution >= 4 is 7.37 Å².